The molecule has 32 heavy (non-hydrogen) atoms. The number of methoxy groups -OCH3 is 1. The van der Waals surface area contributed by atoms with Crippen molar-refractivity contribution in [2.75, 3.05) is 43.6 Å². The van der Waals surface area contributed by atoms with Crippen molar-refractivity contribution in [1.29, 1.82) is 0 Å². The number of rotatable bonds is 7. The molecule has 0 radical (unpaired) electrons. The van der Waals surface area contributed by atoms with E-state index in [0.29, 0.717) is 35.8 Å². The van der Waals surface area contributed by atoms with Crippen LogP contribution < -0.4 is 15.0 Å². The van der Waals surface area contributed by atoms with E-state index in [1.165, 1.54) is 6.26 Å². The molecule has 168 valence electrons. The third kappa shape index (κ3) is 5.03. The van der Waals surface area contributed by atoms with Crippen molar-refractivity contribution in [2.45, 2.75) is 19.4 Å². The van der Waals surface area contributed by atoms with Gasteiger partial charge in [0.2, 0.25) is 0 Å². The Labute approximate surface area is 186 Å². The number of nitrogens with zero attached hydrogens (tertiary/aromatic N) is 1. The van der Waals surface area contributed by atoms with Crippen molar-refractivity contribution >= 4 is 34.2 Å². The van der Waals surface area contributed by atoms with Gasteiger partial charge in [0.1, 0.15) is 11.3 Å². The Balaban J connectivity index is 1.31. The first-order valence-electron chi connectivity index (χ1n) is 10.5. The average Bonchev–Trinajstić information content (AvgIpc) is 3.21. The SMILES string of the molecule is COc1ccc2c(CC(=O)O[C@H](C)C(=O)Nc3ccc(N4CCOCC4)cc3)coc2c1. The maximum atomic E-state index is 12.5. The fourth-order valence-electron chi connectivity index (χ4n) is 3.60. The van der Waals surface area contributed by atoms with Gasteiger partial charge in [-0.15, -0.1) is 0 Å². The van der Waals surface area contributed by atoms with E-state index < -0.39 is 12.1 Å². The van der Waals surface area contributed by atoms with Gasteiger partial charge in [0.05, 0.1) is 33.0 Å². The highest BCUT2D eigenvalue weighted by Crippen LogP contribution is 2.26. The van der Waals surface area contributed by atoms with Gasteiger partial charge in [0.15, 0.2) is 6.10 Å². The van der Waals surface area contributed by atoms with Crippen molar-refractivity contribution in [3.05, 3.63) is 54.3 Å². The summed E-state index contributed by atoms with van der Waals surface area (Å²) in [5.41, 5.74) is 3.04. The number of hydrogen-bond acceptors (Lipinski definition) is 7. The van der Waals surface area contributed by atoms with Crippen LogP contribution >= 0.6 is 0 Å². The molecule has 2 aromatic carbocycles. The molecule has 3 aromatic rings. The van der Waals surface area contributed by atoms with E-state index in [1.807, 2.05) is 30.3 Å². The standard InChI is InChI=1S/C24H26N2O6/c1-16(24(28)25-18-3-5-19(6-4-18)26-9-11-30-12-10-26)32-23(27)13-17-15-31-22-14-20(29-2)7-8-21(17)22/h3-8,14-16H,9-13H2,1-2H3,(H,25,28)/t16-/m1/s1. The fraction of sp³-hybridized carbons (Fsp3) is 0.333. The molecule has 4 rings (SSSR count). The van der Waals surface area contributed by atoms with E-state index in [4.69, 9.17) is 18.6 Å². The molecule has 8 nitrogen and oxygen atoms in total. The van der Waals surface area contributed by atoms with Crippen LogP contribution in [0.5, 0.6) is 5.75 Å². The van der Waals surface area contributed by atoms with Crippen LogP contribution in [0.1, 0.15) is 12.5 Å². The first kappa shape index (κ1) is 21.7. The summed E-state index contributed by atoms with van der Waals surface area (Å²) in [5.74, 6) is -0.225. The largest absolute Gasteiger partial charge is 0.497 e. The van der Waals surface area contributed by atoms with Crippen LogP contribution in [0.4, 0.5) is 11.4 Å². The van der Waals surface area contributed by atoms with Gasteiger partial charge in [-0.3, -0.25) is 9.59 Å². The van der Waals surface area contributed by atoms with Crippen LogP contribution in [0.2, 0.25) is 0 Å². The minimum absolute atomic E-state index is 0.00515. The molecule has 1 N–H and O–H groups in total. The zero-order valence-corrected chi connectivity index (χ0v) is 18.1. The Morgan fingerprint density at radius 1 is 1.12 bits per heavy atom. The summed E-state index contributed by atoms with van der Waals surface area (Å²) in [6.45, 7) is 4.67. The first-order chi connectivity index (χ1) is 15.5. The lowest BCUT2D eigenvalue weighted by Crippen LogP contribution is -2.36. The molecule has 1 fully saturated rings. The molecule has 0 aliphatic carbocycles. The highest BCUT2D eigenvalue weighted by Gasteiger charge is 2.20. The molecule has 2 heterocycles. The van der Waals surface area contributed by atoms with Gasteiger partial charge in [-0.05, 0) is 43.3 Å². The molecule has 1 aliphatic rings. The van der Waals surface area contributed by atoms with Crippen LogP contribution in [0.3, 0.4) is 0 Å². The molecule has 1 atom stereocenters. The minimum Gasteiger partial charge on any atom is -0.497 e. The summed E-state index contributed by atoms with van der Waals surface area (Å²) in [6, 6.07) is 13.0. The summed E-state index contributed by atoms with van der Waals surface area (Å²) >= 11 is 0. The van der Waals surface area contributed by atoms with Crippen LogP contribution in [0, 0.1) is 0 Å². The highest BCUT2D eigenvalue weighted by atomic mass is 16.5. The van der Waals surface area contributed by atoms with Crippen LogP contribution in [-0.4, -0.2) is 51.4 Å². The molecule has 0 spiro atoms. The van der Waals surface area contributed by atoms with Crippen LogP contribution in [0.25, 0.3) is 11.0 Å². The zero-order chi connectivity index (χ0) is 22.5. The monoisotopic (exact) mass is 438 g/mol. The summed E-state index contributed by atoms with van der Waals surface area (Å²) in [6.07, 6.45) is 0.594. The lowest BCUT2D eigenvalue weighted by Gasteiger charge is -2.28. The number of fused-ring (bicyclic) bond motifs is 1. The Morgan fingerprint density at radius 2 is 1.88 bits per heavy atom. The molecule has 0 saturated carbocycles. The van der Waals surface area contributed by atoms with Gasteiger partial charge in [0, 0.05) is 41.5 Å². The number of nitrogens with one attached hydrogen (secondary N) is 1. The number of carbonyl (C=O) groups is 2. The minimum atomic E-state index is -0.931. The van der Waals surface area contributed by atoms with Crippen molar-refractivity contribution in [3.8, 4) is 5.75 Å². The average molecular weight is 438 g/mol. The van der Waals surface area contributed by atoms with E-state index in [0.717, 1.165) is 24.2 Å². The number of ether oxygens (including phenoxy) is 3. The summed E-state index contributed by atoms with van der Waals surface area (Å²) < 4.78 is 21.4. The van der Waals surface area contributed by atoms with E-state index in [1.54, 1.807) is 26.2 Å². The van der Waals surface area contributed by atoms with E-state index in [9.17, 15) is 9.59 Å². The molecule has 8 heteroatoms. The first-order valence-corrected chi connectivity index (χ1v) is 10.5. The number of hydrogen-bond donors (Lipinski definition) is 1. The predicted molar refractivity (Wildman–Crippen MR) is 120 cm³/mol. The Bertz CT molecular complexity index is 1090. The smallest absolute Gasteiger partial charge is 0.311 e. The van der Waals surface area contributed by atoms with E-state index in [-0.39, 0.29) is 12.3 Å². The predicted octanol–water partition coefficient (Wildman–Crippen LogP) is 3.39. The summed E-state index contributed by atoms with van der Waals surface area (Å²) in [4.78, 5) is 27.1. The number of carbonyl (C=O) groups excluding carboxylic acids is 2. The number of morpholine rings is 1. The molecular weight excluding hydrogens is 412 g/mol. The lowest BCUT2D eigenvalue weighted by molar-refractivity contribution is -0.152. The maximum absolute atomic E-state index is 12.5. The number of esters is 1. The number of benzene rings is 2. The fourth-order valence-corrected chi connectivity index (χ4v) is 3.60. The van der Waals surface area contributed by atoms with Crippen molar-refractivity contribution < 1.29 is 28.2 Å². The summed E-state index contributed by atoms with van der Waals surface area (Å²) in [7, 11) is 1.58. The molecule has 0 unspecified atom stereocenters. The third-order valence-electron chi connectivity index (χ3n) is 5.39. The van der Waals surface area contributed by atoms with Crippen molar-refractivity contribution in [1.82, 2.24) is 0 Å². The van der Waals surface area contributed by atoms with Gasteiger partial charge in [-0.25, -0.2) is 0 Å². The van der Waals surface area contributed by atoms with Crippen molar-refractivity contribution in [2.24, 2.45) is 0 Å². The van der Waals surface area contributed by atoms with Gasteiger partial charge in [0.25, 0.3) is 5.91 Å². The highest BCUT2D eigenvalue weighted by molar-refractivity contribution is 5.95. The Morgan fingerprint density at radius 3 is 2.59 bits per heavy atom. The molecule has 1 saturated heterocycles. The second-order valence-corrected chi connectivity index (χ2v) is 7.57. The molecule has 1 amide bonds. The quantitative estimate of drug-likeness (QED) is 0.566. The third-order valence-corrected chi connectivity index (χ3v) is 5.39. The molecular formula is C24H26N2O6. The second kappa shape index (κ2) is 9.74. The van der Waals surface area contributed by atoms with Crippen LogP contribution in [-0.2, 0) is 25.5 Å². The topological polar surface area (TPSA) is 90.2 Å². The van der Waals surface area contributed by atoms with Gasteiger partial charge >= 0.3 is 5.97 Å². The molecule has 1 aliphatic heterocycles. The zero-order valence-electron chi connectivity index (χ0n) is 18.1. The van der Waals surface area contributed by atoms with Crippen LogP contribution in [0.15, 0.2) is 53.1 Å². The van der Waals surface area contributed by atoms with Gasteiger partial charge < -0.3 is 28.8 Å². The molecule has 0 bridgehead atoms. The number of amides is 1. The van der Waals surface area contributed by atoms with Gasteiger partial charge in [-0.1, -0.05) is 0 Å². The van der Waals surface area contributed by atoms with E-state index >= 15 is 0 Å². The van der Waals surface area contributed by atoms with Crippen molar-refractivity contribution in [3.63, 3.8) is 0 Å². The Kier molecular flexibility index (Phi) is 6.61. The normalized spacial score (nSPS) is 14.8. The van der Waals surface area contributed by atoms with E-state index in [2.05, 4.69) is 10.2 Å². The number of anilines is 2. The Hall–Kier alpha value is -3.52. The molecule has 1 aromatic heterocycles. The second-order valence-electron chi connectivity index (χ2n) is 7.57. The number of furan rings is 1. The summed E-state index contributed by atoms with van der Waals surface area (Å²) in [5, 5.41) is 3.59. The lowest BCUT2D eigenvalue weighted by atomic mass is 10.1. The maximum Gasteiger partial charge on any atom is 0.311 e. The van der Waals surface area contributed by atoms with Gasteiger partial charge in [-0.2, -0.15) is 0 Å².